The number of hydrogen-bond acceptors (Lipinski definition) is 3. The van der Waals surface area contributed by atoms with Crippen molar-refractivity contribution in [2.75, 3.05) is 6.54 Å². The third-order valence-corrected chi connectivity index (χ3v) is 7.42. The lowest BCUT2D eigenvalue weighted by Crippen LogP contribution is -2.52. The monoisotopic (exact) mass is 416 g/mol. The first-order valence-corrected chi connectivity index (χ1v) is 10.6. The SMILES string of the molecule is O=C(NCC12CC3CC(CC(C3)C1)C2)C1CC(c2cccc(Br)c2)=NO1. The zero-order valence-electron chi connectivity index (χ0n) is 14.9. The summed E-state index contributed by atoms with van der Waals surface area (Å²) in [7, 11) is 0. The smallest absolute Gasteiger partial charge is 0.264 e. The Labute approximate surface area is 162 Å². The van der Waals surface area contributed by atoms with E-state index >= 15 is 0 Å². The van der Waals surface area contributed by atoms with Gasteiger partial charge >= 0.3 is 0 Å². The Morgan fingerprint density at radius 3 is 2.54 bits per heavy atom. The van der Waals surface area contributed by atoms with Crippen LogP contribution in [0.5, 0.6) is 0 Å². The molecule has 4 nitrogen and oxygen atoms in total. The molecular weight excluding hydrogens is 392 g/mol. The zero-order chi connectivity index (χ0) is 17.7. The molecule has 4 bridgehead atoms. The van der Waals surface area contributed by atoms with Gasteiger partial charge in [0, 0.05) is 23.0 Å². The van der Waals surface area contributed by atoms with Gasteiger partial charge in [-0.3, -0.25) is 4.79 Å². The summed E-state index contributed by atoms with van der Waals surface area (Å²) < 4.78 is 1.01. The van der Waals surface area contributed by atoms with Gasteiger partial charge in [0.2, 0.25) is 6.10 Å². The molecule has 1 unspecified atom stereocenters. The molecular formula is C21H25BrN2O2. The molecule has 4 aliphatic carbocycles. The molecule has 0 radical (unpaired) electrons. The van der Waals surface area contributed by atoms with Crippen LogP contribution in [0, 0.1) is 23.2 Å². The molecule has 26 heavy (non-hydrogen) atoms. The summed E-state index contributed by atoms with van der Waals surface area (Å²) in [5, 5.41) is 7.38. The Balaban J connectivity index is 1.19. The Kier molecular flexibility index (Phi) is 4.11. The third kappa shape index (κ3) is 3.08. The maximum atomic E-state index is 12.7. The largest absolute Gasteiger partial charge is 0.382 e. The molecule has 0 aromatic heterocycles. The van der Waals surface area contributed by atoms with Gasteiger partial charge < -0.3 is 10.2 Å². The number of benzene rings is 1. The summed E-state index contributed by atoms with van der Waals surface area (Å²) in [5.41, 5.74) is 2.22. The first kappa shape index (κ1) is 16.8. The summed E-state index contributed by atoms with van der Waals surface area (Å²) in [6, 6.07) is 7.97. The molecule has 1 N–H and O–H groups in total. The molecule has 4 saturated carbocycles. The first-order chi connectivity index (χ1) is 12.6. The van der Waals surface area contributed by atoms with E-state index in [-0.39, 0.29) is 5.91 Å². The molecule has 1 aliphatic heterocycles. The molecule has 1 atom stereocenters. The average molecular weight is 417 g/mol. The van der Waals surface area contributed by atoms with Gasteiger partial charge in [0.25, 0.3) is 5.91 Å². The van der Waals surface area contributed by atoms with E-state index < -0.39 is 6.10 Å². The molecule has 1 amide bonds. The summed E-state index contributed by atoms with van der Waals surface area (Å²) in [5.74, 6) is 2.72. The Morgan fingerprint density at radius 2 is 1.88 bits per heavy atom. The number of carbonyl (C=O) groups excluding carboxylic acids is 1. The number of halogens is 1. The predicted octanol–water partition coefficient (Wildman–Crippen LogP) is 4.27. The van der Waals surface area contributed by atoms with Crippen LogP contribution in [0.4, 0.5) is 0 Å². The van der Waals surface area contributed by atoms with Crippen LogP contribution in [0.15, 0.2) is 33.9 Å². The highest BCUT2D eigenvalue weighted by Gasteiger charge is 2.51. The number of amides is 1. The second-order valence-electron chi connectivity index (χ2n) is 8.98. The normalized spacial score (nSPS) is 37.3. The van der Waals surface area contributed by atoms with Crippen molar-refractivity contribution in [3.63, 3.8) is 0 Å². The van der Waals surface area contributed by atoms with E-state index in [0.29, 0.717) is 11.8 Å². The van der Waals surface area contributed by atoms with Crippen LogP contribution < -0.4 is 5.32 Å². The number of rotatable bonds is 4. The second-order valence-corrected chi connectivity index (χ2v) is 9.90. The van der Waals surface area contributed by atoms with Crippen LogP contribution in [0.25, 0.3) is 0 Å². The van der Waals surface area contributed by atoms with Crippen molar-refractivity contribution in [2.24, 2.45) is 28.3 Å². The minimum atomic E-state index is -0.488. The number of nitrogens with one attached hydrogen (secondary N) is 1. The third-order valence-electron chi connectivity index (χ3n) is 6.92. The minimum Gasteiger partial charge on any atom is -0.382 e. The lowest BCUT2D eigenvalue weighted by Gasteiger charge is -2.56. The molecule has 0 saturated heterocycles. The van der Waals surface area contributed by atoms with Crippen molar-refractivity contribution in [3.05, 3.63) is 34.3 Å². The van der Waals surface area contributed by atoms with Crippen LogP contribution >= 0.6 is 15.9 Å². The summed E-state index contributed by atoms with van der Waals surface area (Å²) in [6.07, 6.45) is 8.29. The van der Waals surface area contributed by atoms with Crippen molar-refractivity contribution in [1.29, 1.82) is 0 Å². The summed E-state index contributed by atoms with van der Waals surface area (Å²) in [4.78, 5) is 18.1. The maximum absolute atomic E-state index is 12.7. The lowest BCUT2D eigenvalue weighted by molar-refractivity contribution is -0.133. The van der Waals surface area contributed by atoms with Crippen molar-refractivity contribution >= 4 is 27.5 Å². The van der Waals surface area contributed by atoms with Gasteiger partial charge in [-0.1, -0.05) is 33.2 Å². The second kappa shape index (κ2) is 6.36. The van der Waals surface area contributed by atoms with Crippen LogP contribution in [-0.4, -0.2) is 24.3 Å². The van der Waals surface area contributed by atoms with E-state index in [1.807, 2.05) is 24.3 Å². The molecule has 1 aromatic rings. The van der Waals surface area contributed by atoms with Crippen molar-refractivity contribution < 1.29 is 9.63 Å². The molecule has 1 heterocycles. The summed E-state index contributed by atoms with van der Waals surface area (Å²) >= 11 is 3.48. The molecule has 5 aliphatic rings. The quantitative estimate of drug-likeness (QED) is 0.796. The van der Waals surface area contributed by atoms with E-state index in [4.69, 9.17) is 4.84 Å². The Hall–Kier alpha value is -1.36. The van der Waals surface area contributed by atoms with Gasteiger partial charge in [0.1, 0.15) is 0 Å². The number of oxime groups is 1. The van der Waals surface area contributed by atoms with Crippen LogP contribution in [0.3, 0.4) is 0 Å². The van der Waals surface area contributed by atoms with E-state index in [2.05, 4.69) is 26.4 Å². The van der Waals surface area contributed by atoms with Crippen LogP contribution in [0.2, 0.25) is 0 Å². The number of hydrogen-bond donors (Lipinski definition) is 1. The maximum Gasteiger partial charge on any atom is 0.264 e. The van der Waals surface area contributed by atoms with Crippen LogP contribution in [0.1, 0.15) is 50.5 Å². The molecule has 1 aromatic carbocycles. The Bertz CT molecular complexity index is 725. The van der Waals surface area contributed by atoms with E-state index in [1.54, 1.807) is 0 Å². The predicted molar refractivity (Wildman–Crippen MR) is 104 cm³/mol. The fourth-order valence-electron chi connectivity index (χ4n) is 6.25. The molecule has 0 spiro atoms. The fourth-order valence-corrected chi connectivity index (χ4v) is 6.65. The van der Waals surface area contributed by atoms with Crippen molar-refractivity contribution in [1.82, 2.24) is 5.32 Å². The van der Waals surface area contributed by atoms with E-state index in [1.165, 1.54) is 38.5 Å². The molecule has 138 valence electrons. The first-order valence-electron chi connectivity index (χ1n) is 9.85. The van der Waals surface area contributed by atoms with E-state index in [9.17, 15) is 4.79 Å². The van der Waals surface area contributed by atoms with Gasteiger partial charge in [-0.05, 0) is 73.8 Å². The minimum absolute atomic E-state index is 0.00510. The average Bonchev–Trinajstić information content (AvgIpc) is 3.09. The fraction of sp³-hybridized carbons (Fsp3) is 0.619. The molecule has 6 rings (SSSR count). The Morgan fingerprint density at radius 1 is 1.19 bits per heavy atom. The highest BCUT2D eigenvalue weighted by Crippen LogP contribution is 2.59. The van der Waals surface area contributed by atoms with Crippen molar-refractivity contribution in [2.45, 2.75) is 51.0 Å². The van der Waals surface area contributed by atoms with Gasteiger partial charge in [-0.25, -0.2) is 0 Å². The zero-order valence-corrected chi connectivity index (χ0v) is 16.5. The number of carbonyl (C=O) groups is 1. The van der Waals surface area contributed by atoms with Gasteiger partial charge in [-0.15, -0.1) is 0 Å². The highest BCUT2D eigenvalue weighted by molar-refractivity contribution is 9.10. The van der Waals surface area contributed by atoms with E-state index in [0.717, 1.165) is 40.0 Å². The highest BCUT2D eigenvalue weighted by atomic mass is 79.9. The topological polar surface area (TPSA) is 50.7 Å². The van der Waals surface area contributed by atoms with Gasteiger partial charge in [0.15, 0.2) is 0 Å². The van der Waals surface area contributed by atoms with Gasteiger partial charge in [0.05, 0.1) is 5.71 Å². The lowest BCUT2D eigenvalue weighted by atomic mass is 9.49. The number of nitrogens with zero attached hydrogens (tertiary/aromatic N) is 1. The van der Waals surface area contributed by atoms with Crippen molar-refractivity contribution in [3.8, 4) is 0 Å². The standard InChI is InChI=1S/C21H25BrN2O2/c22-17-3-1-2-16(7-17)18-8-19(26-24-18)20(25)23-12-21-9-13-4-14(10-21)6-15(5-13)11-21/h1-3,7,13-15,19H,4-6,8-12H2,(H,23,25). The van der Waals surface area contributed by atoms with Gasteiger partial charge in [-0.2, -0.15) is 0 Å². The summed E-state index contributed by atoms with van der Waals surface area (Å²) in [6.45, 7) is 0.821. The molecule has 4 fully saturated rings. The van der Waals surface area contributed by atoms with Crippen LogP contribution in [-0.2, 0) is 9.63 Å². The molecule has 5 heteroatoms.